The van der Waals surface area contributed by atoms with E-state index in [1.165, 1.54) is 19.2 Å². The number of hydrogen-bond acceptors (Lipinski definition) is 3. The molecule has 0 spiro atoms. The summed E-state index contributed by atoms with van der Waals surface area (Å²) in [6.07, 6.45) is -4.50. The molecule has 1 aromatic rings. The number of alkyl halides is 3. The lowest BCUT2D eigenvalue weighted by Crippen LogP contribution is -2.22. The second kappa shape index (κ2) is 6.21. The Kier molecular flexibility index (Phi) is 5.13. The fourth-order valence-corrected chi connectivity index (χ4v) is 1.84. The quantitative estimate of drug-likeness (QED) is 0.819. The molecular formula is C12H15F3N2OS. The molecule has 1 atom stereocenters. The van der Waals surface area contributed by atoms with Crippen molar-refractivity contribution in [3.8, 4) is 0 Å². The van der Waals surface area contributed by atoms with Gasteiger partial charge in [-0.3, -0.25) is 0 Å². The highest BCUT2D eigenvalue weighted by Gasteiger charge is 2.34. The first-order valence-electron chi connectivity index (χ1n) is 5.52. The van der Waals surface area contributed by atoms with Crippen molar-refractivity contribution >= 4 is 22.9 Å². The third kappa shape index (κ3) is 4.36. The summed E-state index contributed by atoms with van der Waals surface area (Å²) in [6, 6.07) is 3.67. The summed E-state index contributed by atoms with van der Waals surface area (Å²) in [4.78, 5) is -0.274. The van der Waals surface area contributed by atoms with Gasteiger partial charge in [0.25, 0.3) is 0 Å². The van der Waals surface area contributed by atoms with Crippen LogP contribution >= 0.6 is 12.2 Å². The maximum absolute atomic E-state index is 12.9. The molecule has 0 radical (unpaired) electrons. The zero-order chi connectivity index (χ0) is 14.6. The van der Waals surface area contributed by atoms with Gasteiger partial charge in [-0.2, -0.15) is 13.2 Å². The molecule has 0 fully saturated rings. The number of benzene rings is 1. The zero-order valence-electron chi connectivity index (χ0n) is 10.5. The number of nitrogens with two attached hydrogens (primary N) is 1. The van der Waals surface area contributed by atoms with Crippen molar-refractivity contribution < 1.29 is 17.9 Å². The Balaban J connectivity index is 3.09. The third-order valence-electron chi connectivity index (χ3n) is 2.42. The highest BCUT2D eigenvalue weighted by molar-refractivity contribution is 7.80. The van der Waals surface area contributed by atoms with Gasteiger partial charge >= 0.3 is 6.18 Å². The molecule has 3 nitrogen and oxygen atoms in total. The van der Waals surface area contributed by atoms with E-state index in [9.17, 15) is 13.2 Å². The molecule has 1 unspecified atom stereocenters. The van der Waals surface area contributed by atoms with Gasteiger partial charge < -0.3 is 15.8 Å². The van der Waals surface area contributed by atoms with Crippen molar-refractivity contribution in [1.82, 2.24) is 0 Å². The highest BCUT2D eigenvalue weighted by Crippen LogP contribution is 2.34. The number of thiocarbonyl (C=S) groups is 1. The molecule has 7 heteroatoms. The smallest absolute Gasteiger partial charge is 0.389 e. The monoisotopic (exact) mass is 292 g/mol. The highest BCUT2D eigenvalue weighted by atomic mass is 32.1. The first-order valence-corrected chi connectivity index (χ1v) is 5.93. The van der Waals surface area contributed by atoms with Crippen LogP contribution < -0.4 is 11.1 Å². The number of methoxy groups -OCH3 is 1. The molecule has 0 saturated carbocycles. The van der Waals surface area contributed by atoms with Crippen LogP contribution in [-0.2, 0) is 10.9 Å². The lowest BCUT2D eigenvalue weighted by molar-refractivity contribution is -0.137. The van der Waals surface area contributed by atoms with E-state index in [-0.39, 0.29) is 16.6 Å². The SMILES string of the molecule is COCC(C)Nc1ccc(C(N)=S)c(C(F)(F)F)c1. The molecule has 1 aromatic carbocycles. The molecule has 0 amide bonds. The standard InChI is InChI=1S/C12H15F3N2OS/c1-7(6-18-2)17-8-3-4-9(11(16)19)10(5-8)12(13,14)15/h3-5,7,17H,6H2,1-2H3,(H2,16,19). The first-order chi connectivity index (χ1) is 8.75. The van der Waals surface area contributed by atoms with E-state index in [0.29, 0.717) is 12.3 Å². The minimum atomic E-state index is -4.50. The Morgan fingerprint density at radius 3 is 2.58 bits per heavy atom. The second-order valence-electron chi connectivity index (χ2n) is 4.12. The van der Waals surface area contributed by atoms with Crippen LogP contribution in [0.1, 0.15) is 18.1 Å². The van der Waals surface area contributed by atoms with Gasteiger partial charge in [0.05, 0.1) is 12.2 Å². The maximum atomic E-state index is 12.9. The first kappa shape index (κ1) is 15.7. The van der Waals surface area contributed by atoms with Crippen molar-refractivity contribution in [3.05, 3.63) is 29.3 Å². The predicted molar refractivity (Wildman–Crippen MR) is 72.3 cm³/mol. The van der Waals surface area contributed by atoms with Gasteiger partial charge in [-0.25, -0.2) is 0 Å². The molecule has 0 aliphatic heterocycles. The minimum Gasteiger partial charge on any atom is -0.389 e. The van der Waals surface area contributed by atoms with Crippen LogP contribution in [0.3, 0.4) is 0 Å². The van der Waals surface area contributed by atoms with Gasteiger partial charge in [-0.05, 0) is 25.1 Å². The Hall–Kier alpha value is -1.34. The van der Waals surface area contributed by atoms with E-state index in [1.807, 2.05) is 0 Å². The van der Waals surface area contributed by atoms with Gasteiger partial charge in [-0.15, -0.1) is 0 Å². The summed E-state index contributed by atoms with van der Waals surface area (Å²) in [7, 11) is 1.52. The second-order valence-corrected chi connectivity index (χ2v) is 4.56. The average Bonchev–Trinajstić information content (AvgIpc) is 2.27. The number of rotatable bonds is 5. The van der Waals surface area contributed by atoms with Crippen molar-refractivity contribution in [2.45, 2.75) is 19.1 Å². The van der Waals surface area contributed by atoms with Crippen LogP contribution in [0.25, 0.3) is 0 Å². The summed E-state index contributed by atoms with van der Waals surface area (Å²) in [5.41, 5.74) is 4.63. The van der Waals surface area contributed by atoms with Gasteiger partial charge in [-0.1, -0.05) is 12.2 Å². The fraction of sp³-hybridized carbons (Fsp3) is 0.417. The molecule has 3 N–H and O–H groups in total. The summed E-state index contributed by atoms with van der Waals surface area (Å²) in [6.45, 7) is 2.19. The number of hydrogen-bond donors (Lipinski definition) is 2. The Labute approximate surface area is 114 Å². The molecule has 1 rings (SSSR count). The Bertz CT molecular complexity index is 463. The lowest BCUT2D eigenvalue weighted by Gasteiger charge is -2.17. The summed E-state index contributed by atoms with van der Waals surface area (Å²) in [5, 5.41) is 2.91. The molecule has 0 aliphatic carbocycles. The van der Waals surface area contributed by atoms with Crippen molar-refractivity contribution in [2.24, 2.45) is 5.73 Å². The van der Waals surface area contributed by atoms with Crippen molar-refractivity contribution in [2.75, 3.05) is 19.0 Å². The zero-order valence-corrected chi connectivity index (χ0v) is 11.4. The summed E-state index contributed by atoms with van der Waals surface area (Å²) in [5.74, 6) is 0. The molecular weight excluding hydrogens is 277 g/mol. The summed E-state index contributed by atoms with van der Waals surface area (Å²) < 4.78 is 43.6. The van der Waals surface area contributed by atoms with Gasteiger partial charge in [0.2, 0.25) is 0 Å². The molecule has 106 valence electrons. The molecule has 0 saturated heterocycles. The fourth-order valence-electron chi connectivity index (χ4n) is 1.66. The predicted octanol–water partition coefficient (Wildman–Crippen LogP) is 2.79. The molecule has 0 aromatic heterocycles. The van der Waals surface area contributed by atoms with Gasteiger partial charge in [0, 0.05) is 24.4 Å². The van der Waals surface area contributed by atoms with E-state index >= 15 is 0 Å². The van der Waals surface area contributed by atoms with Crippen LogP contribution in [-0.4, -0.2) is 24.7 Å². The molecule has 0 bridgehead atoms. The van der Waals surface area contributed by atoms with Crippen LogP contribution in [0.5, 0.6) is 0 Å². The molecule has 19 heavy (non-hydrogen) atoms. The normalized spacial score (nSPS) is 13.1. The Morgan fingerprint density at radius 1 is 1.47 bits per heavy atom. The molecule has 0 heterocycles. The van der Waals surface area contributed by atoms with Gasteiger partial charge in [0.15, 0.2) is 0 Å². The lowest BCUT2D eigenvalue weighted by atomic mass is 10.1. The van der Waals surface area contributed by atoms with E-state index in [4.69, 9.17) is 10.5 Å². The number of ether oxygens (including phenoxy) is 1. The van der Waals surface area contributed by atoms with Crippen LogP contribution in [0, 0.1) is 0 Å². The van der Waals surface area contributed by atoms with Crippen LogP contribution in [0.15, 0.2) is 18.2 Å². The van der Waals surface area contributed by atoms with E-state index in [2.05, 4.69) is 17.5 Å². The average molecular weight is 292 g/mol. The van der Waals surface area contributed by atoms with Crippen LogP contribution in [0.4, 0.5) is 18.9 Å². The van der Waals surface area contributed by atoms with Crippen molar-refractivity contribution in [3.63, 3.8) is 0 Å². The number of nitrogens with one attached hydrogen (secondary N) is 1. The number of anilines is 1. The van der Waals surface area contributed by atoms with Crippen LogP contribution in [0.2, 0.25) is 0 Å². The van der Waals surface area contributed by atoms with Gasteiger partial charge in [0.1, 0.15) is 4.99 Å². The topological polar surface area (TPSA) is 47.3 Å². The largest absolute Gasteiger partial charge is 0.417 e. The van der Waals surface area contributed by atoms with E-state index < -0.39 is 11.7 Å². The maximum Gasteiger partial charge on any atom is 0.417 e. The third-order valence-corrected chi connectivity index (χ3v) is 2.64. The Morgan fingerprint density at radius 2 is 2.11 bits per heavy atom. The summed E-state index contributed by atoms with van der Waals surface area (Å²) >= 11 is 4.63. The van der Waals surface area contributed by atoms with E-state index in [0.717, 1.165) is 6.07 Å². The van der Waals surface area contributed by atoms with E-state index in [1.54, 1.807) is 6.92 Å². The minimum absolute atomic E-state index is 0.109. The molecule has 0 aliphatic rings. The number of halogens is 3. The van der Waals surface area contributed by atoms with Crippen molar-refractivity contribution in [1.29, 1.82) is 0 Å².